The van der Waals surface area contributed by atoms with Crippen molar-refractivity contribution in [3.63, 3.8) is 0 Å². The Morgan fingerprint density at radius 3 is 2.61 bits per heavy atom. The van der Waals surface area contributed by atoms with E-state index in [0.717, 1.165) is 0 Å². The number of aromatic nitrogens is 1. The van der Waals surface area contributed by atoms with Crippen molar-refractivity contribution in [2.75, 3.05) is 13.1 Å². The first-order chi connectivity index (χ1) is 8.34. The topological polar surface area (TPSA) is 67.3 Å². The summed E-state index contributed by atoms with van der Waals surface area (Å²) in [4.78, 5) is 15.6. The Morgan fingerprint density at radius 2 is 2.06 bits per heavy atom. The molecule has 0 unspecified atom stereocenters. The number of pyridine rings is 1. The van der Waals surface area contributed by atoms with Crippen molar-refractivity contribution in [1.29, 1.82) is 0 Å². The zero-order chi connectivity index (χ0) is 13.4. The van der Waals surface area contributed by atoms with Crippen LogP contribution in [0.15, 0.2) is 29.4 Å². The lowest BCUT2D eigenvalue weighted by molar-refractivity contribution is -0.129. The van der Waals surface area contributed by atoms with Gasteiger partial charge in [-0.2, -0.15) is 4.31 Å². The van der Waals surface area contributed by atoms with E-state index < -0.39 is 15.4 Å². The Balaban J connectivity index is 2.30. The van der Waals surface area contributed by atoms with Gasteiger partial charge in [0.2, 0.25) is 0 Å². The molecule has 1 aliphatic rings. The summed E-state index contributed by atoms with van der Waals surface area (Å²) in [6.45, 7) is 4.00. The minimum absolute atomic E-state index is 0.0372. The van der Waals surface area contributed by atoms with Gasteiger partial charge in [0.1, 0.15) is 5.78 Å². The van der Waals surface area contributed by atoms with Crippen LogP contribution in [0.2, 0.25) is 0 Å². The molecule has 0 bridgehead atoms. The second kappa shape index (κ2) is 4.44. The SMILES string of the molecule is CC1(C)CN(S(=O)(=O)c2ccccn2)CCC1=O. The van der Waals surface area contributed by atoms with E-state index in [0.29, 0.717) is 0 Å². The Morgan fingerprint density at radius 1 is 1.33 bits per heavy atom. The highest BCUT2D eigenvalue weighted by molar-refractivity contribution is 7.89. The molecule has 0 saturated carbocycles. The van der Waals surface area contributed by atoms with E-state index >= 15 is 0 Å². The van der Waals surface area contributed by atoms with E-state index in [1.807, 2.05) is 0 Å². The van der Waals surface area contributed by atoms with Crippen LogP contribution in [0.1, 0.15) is 20.3 Å². The van der Waals surface area contributed by atoms with Crippen molar-refractivity contribution >= 4 is 15.8 Å². The maximum atomic E-state index is 12.3. The molecule has 5 nitrogen and oxygen atoms in total. The van der Waals surface area contributed by atoms with E-state index in [2.05, 4.69) is 4.98 Å². The van der Waals surface area contributed by atoms with Gasteiger partial charge in [0, 0.05) is 31.1 Å². The van der Waals surface area contributed by atoms with Gasteiger partial charge in [0.05, 0.1) is 0 Å². The van der Waals surface area contributed by atoms with Gasteiger partial charge < -0.3 is 0 Å². The van der Waals surface area contributed by atoms with E-state index in [1.165, 1.54) is 16.6 Å². The number of hydrogen-bond donors (Lipinski definition) is 0. The van der Waals surface area contributed by atoms with Gasteiger partial charge in [0.15, 0.2) is 5.03 Å². The molecule has 0 aliphatic carbocycles. The Hall–Kier alpha value is -1.27. The predicted molar refractivity (Wildman–Crippen MR) is 66.4 cm³/mol. The molecule has 0 atom stereocenters. The first-order valence-corrected chi connectivity index (χ1v) is 7.22. The monoisotopic (exact) mass is 268 g/mol. The molecule has 1 aromatic rings. The molecule has 18 heavy (non-hydrogen) atoms. The molecular weight excluding hydrogens is 252 g/mol. The van der Waals surface area contributed by atoms with Crippen molar-refractivity contribution in [3.05, 3.63) is 24.4 Å². The number of Topliss-reactive ketones (excluding diaryl/α,β-unsaturated/α-hetero) is 1. The number of carbonyl (C=O) groups excluding carboxylic acids is 1. The normalized spacial score (nSPS) is 20.9. The number of sulfonamides is 1. The summed E-state index contributed by atoms with van der Waals surface area (Å²) >= 11 is 0. The summed E-state index contributed by atoms with van der Waals surface area (Å²) in [5, 5.41) is 0.0372. The molecule has 0 amide bonds. The molecule has 1 aromatic heterocycles. The van der Waals surface area contributed by atoms with E-state index in [4.69, 9.17) is 0 Å². The van der Waals surface area contributed by atoms with Gasteiger partial charge in [-0.3, -0.25) is 4.79 Å². The summed E-state index contributed by atoms with van der Waals surface area (Å²) in [5.41, 5.74) is -0.625. The van der Waals surface area contributed by atoms with Gasteiger partial charge in [-0.05, 0) is 12.1 Å². The van der Waals surface area contributed by atoms with Crippen molar-refractivity contribution in [2.45, 2.75) is 25.3 Å². The Labute approximate surface area is 107 Å². The van der Waals surface area contributed by atoms with Gasteiger partial charge >= 0.3 is 0 Å². The zero-order valence-corrected chi connectivity index (χ0v) is 11.3. The van der Waals surface area contributed by atoms with Crippen molar-refractivity contribution in [3.8, 4) is 0 Å². The standard InChI is InChI=1S/C12H16N2O3S/c1-12(2)9-14(8-6-10(12)15)18(16,17)11-5-3-4-7-13-11/h3-5,7H,6,8-9H2,1-2H3. The first kappa shape index (κ1) is 13.2. The first-order valence-electron chi connectivity index (χ1n) is 5.78. The summed E-state index contributed by atoms with van der Waals surface area (Å²) in [6.07, 6.45) is 1.71. The molecular formula is C12H16N2O3S. The zero-order valence-electron chi connectivity index (χ0n) is 10.5. The maximum absolute atomic E-state index is 12.3. The lowest BCUT2D eigenvalue weighted by atomic mass is 9.84. The number of rotatable bonds is 2. The molecule has 6 heteroatoms. The third-order valence-electron chi connectivity index (χ3n) is 3.16. The molecule has 1 saturated heterocycles. The second-order valence-electron chi connectivity index (χ2n) is 5.06. The van der Waals surface area contributed by atoms with Gasteiger partial charge in [-0.15, -0.1) is 0 Å². The van der Waals surface area contributed by atoms with Crippen LogP contribution in [-0.2, 0) is 14.8 Å². The highest BCUT2D eigenvalue weighted by atomic mass is 32.2. The smallest absolute Gasteiger partial charge is 0.260 e. The molecule has 0 spiro atoms. The second-order valence-corrected chi connectivity index (χ2v) is 6.95. The maximum Gasteiger partial charge on any atom is 0.260 e. The van der Waals surface area contributed by atoms with Gasteiger partial charge in [-0.1, -0.05) is 19.9 Å². The van der Waals surface area contributed by atoms with Crippen LogP contribution in [0, 0.1) is 5.41 Å². The van der Waals surface area contributed by atoms with Gasteiger partial charge in [-0.25, -0.2) is 13.4 Å². The van der Waals surface area contributed by atoms with Crippen molar-refractivity contribution in [1.82, 2.24) is 9.29 Å². The number of carbonyl (C=O) groups is 1. The minimum Gasteiger partial charge on any atom is -0.299 e. The van der Waals surface area contributed by atoms with Gasteiger partial charge in [0.25, 0.3) is 10.0 Å². The van der Waals surface area contributed by atoms with Crippen LogP contribution in [-0.4, -0.2) is 36.6 Å². The molecule has 1 fully saturated rings. The Bertz CT molecular complexity index is 552. The molecule has 98 valence electrons. The minimum atomic E-state index is -3.59. The van der Waals surface area contributed by atoms with Crippen LogP contribution in [0.3, 0.4) is 0 Å². The van der Waals surface area contributed by atoms with Crippen LogP contribution in [0.25, 0.3) is 0 Å². The average Bonchev–Trinajstić information content (AvgIpc) is 2.33. The Kier molecular flexibility index (Phi) is 3.25. The number of hydrogen-bond acceptors (Lipinski definition) is 4. The van der Waals surface area contributed by atoms with E-state index in [-0.39, 0.29) is 30.3 Å². The summed E-state index contributed by atoms with van der Waals surface area (Å²) in [6, 6.07) is 4.78. The molecule has 2 rings (SSSR count). The van der Waals surface area contributed by atoms with Crippen LogP contribution in [0.5, 0.6) is 0 Å². The summed E-state index contributed by atoms with van der Waals surface area (Å²) in [5.74, 6) is 0.106. The third-order valence-corrected chi connectivity index (χ3v) is 4.92. The summed E-state index contributed by atoms with van der Waals surface area (Å²) in [7, 11) is -3.59. The van der Waals surface area contributed by atoms with Crippen LogP contribution in [0.4, 0.5) is 0 Å². The molecule has 0 aromatic carbocycles. The van der Waals surface area contributed by atoms with Crippen LogP contribution < -0.4 is 0 Å². The lowest BCUT2D eigenvalue weighted by Gasteiger charge is -2.35. The number of piperidine rings is 1. The highest BCUT2D eigenvalue weighted by Gasteiger charge is 2.39. The van der Waals surface area contributed by atoms with E-state index in [9.17, 15) is 13.2 Å². The lowest BCUT2D eigenvalue weighted by Crippen LogP contribution is -2.48. The molecule has 0 N–H and O–H groups in total. The van der Waals surface area contributed by atoms with Crippen molar-refractivity contribution < 1.29 is 13.2 Å². The predicted octanol–water partition coefficient (Wildman–Crippen LogP) is 1.07. The number of ketones is 1. The quantitative estimate of drug-likeness (QED) is 0.804. The molecule has 2 heterocycles. The summed E-state index contributed by atoms with van der Waals surface area (Å²) < 4.78 is 26.0. The third kappa shape index (κ3) is 2.30. The van der Waals surface area contributed by atoms with Crippen molar-refractivity contribution in [2.24, 2.45) is 5.41 Å². The fraction of sp³-hybridized carbons (Fsp3) is 0.500. The highest BCUT2D eigenvalue weighted by Crippen LogP contribution is 2.28. The average molecular weight is 268 g/mol. The van der Waals surface area contributed by atoms with Crippen LogP contribution >= 0.6 is 0 Å². The number of nitrogens with zero attached hydrogens (tertiary/aromatic N) is 2. The largest absolute Gasteiger partial charge is 0.299 e. The molecule has 0 radical (unpaired) electrons. The molecule has 1 aliphatic heterocycles. The fourth-order valence-corrected chi connectivity index (χ4v) is 3.54. The van der Waals surface area contributed by atoms with E-state index in [1.54, 1.807) is 26.0 Å². The fourth-order valence-electron chi connectivity index (χ4n) is 2.01.